The largest absolute Gasteiger partial charge is 0.569 e. The molecule has 0 bridgehead atoms. The fourth-order valence-electron chi connectivity index (χ4n) is 3.82. The van der Waals surface area contributed by atoms with E-state index in [1.807, 2.05) is 18.2 Å². The quantitative estimate of drug-likeness (QED) is 0.334. The van der Waals surface area contributed by atoms with Gasteiger partial charge in [0, 0.05) is 0 Å². The van der Waals surface area contributed by atoms with E-state index < -0.39 is 0 Å². The molecule has 0 saturated heterocycles. The van der Waals surface area contributed by atoms with E-state index in [1.54, 1.807) is 0 Å². The van der Waals surface area contributed by atoms with Crippen molar-refractivity contribution in [1.29, 1.82) is 0 Å². The summed E-state index contributed by atoms with van der Waals surface area (Å²) in [5.41, 5.74) is 2.42. The molecule has 5 aromatic rings. The Kier molecular flexibility index (Phi) is 3.81. The van der Waals surface area contributed by atoms with Gasteiger partial charge in [-0.1, -0.05) is 66.7 Å². The van der Waals surface area contributed by atoms with Crippen molar-refractivity contribution >= 4 is 40.0 Å². The highest BCUT2D eigenvalue weighted by molar-refractivity contribution is 6.17. The first kappa shape index (κ1) is 15.9. The second kappa shape index (κ2) is 6.46. The minimum absolute atomic E-state index is 0.619. The predicted octanol–water partition coefficient (Wildman–Crippen LogP) is 5.72. The molecule has 0 aromatic heterocycles. The Morgan fingerprint density at radius 2 is 1.30 bits per heavy atom. The van der Waals surface area contributed by atoms with Crippen LogP contribution in [0.1, 0.15) is 0 Å². The molecule has 0 spiro atoms. The molecular weight excluding hydrogens is 331 g/mol. The van der Waals surface area contributed by atoms with Crippen LogP contribution in [0.25, 0.3) is 43.4 Å². The molecule has 1 radical (unpaired) electrons. The Hall–Kier alpha value is -3.30. The summed E-state index contributed by atoms with van der Waals surface area (Å²) in [6.07, 6.45) is 0. The second-order valence-electron chi connectivity index (χ2n) is 6.64. The van der Waals surface area contributed by atoms with Gasteiger partial charge in [0.05, 0.1) is 0 Å². The van der Waals surface area contributed by atoms with Crippen molar-refractivity contribution < 1.29 is 9.68 Å². The summed E-state index contributed by atoms with van der Waals surface area (Å²) >= 11 is 0. The molecule has 0 saturated carbocycles. The topological polar surface area (TPSA) is 29.5 Å². The Morgan fingerprint density at radius 1 is 0.593 bits per heavy atom. The summed E-state index contributed by atoms with van der Waals surface area (Å²) in [6.45, 7) is 0. The van der Waals surface area contributed by atoms with Crippen molar-refractivity contribution in [3.8, 4) is 16.9 Å². The monoisotopic (exact) mass is 347 g/mol. The summed E-state index contributed by atoms with van der Waals surface area (Å²) in [5.74, 6) is 0.619. The second-order valence-corrected chi connectivity index (χ2v) is 6.64. The first-order valence-corrected chi connectivity index (χ1v) is 8.91. The minimum Gasteiger partial charge on any atom is -0.537 e. The zero-order chi connectivity index (χ0) is 18.2. The highest BCUT2D eigenvalue weighted by Gasteiger charge is 2.09. The van der Waals surface area contributed by atoms with Crippen molar-refractivity contribution in [2.24, 2.45) is 0 Å². The van der Waals surface area contributed by atoms with Crippen LogP contribution in [0, 0.1) is 0 Å². The molecule has 0 atom stereocenters. The summed E-state index contributed by atoms with van der Waals surface area (Å²) in [4.78, 5) is 0. The lowest BCUT2D eigenvalue weighted by Gasteiger charge is -2.12. The van der Waals surface area contributed by atoms with Gasteiger partial charge in [0.2, 0.25) is 0 Å². The van der Waals surface area contributed by atoms with Crippen LogP contribution in [-0.2, 0) is 0 Å². The van der Waals surface area contributed by atoms with Crippen molar-refractivity contribution in [1.82, 2.24) is 0 Å². The molecule has 0 fully saturated rings. The van der Waals surface area contributed by atoms with Gasteiger partial charge < -0.3 is 9.68 Å². The Morgan fingerprint density at radius 3 is 2.15 bits per heavy atom. The highest BCUT2D eigenvalue weighted by atomic mass is 16.5. The fraction of sp³-hybridized carbons (Fsp3) is 0. The standard InChI is InChI=1S/C24H16BO2/c26-25-27-20-12-11-16-13-19(10-9-17(16)14-20)24-15-18-5-1-2-6-21(18)22-7-3-4-8-23(22)24/h1-15,26H. The van der Waals surface area contributed by atoms with Crippen LogP contribution < -0.4 is 4.65 Å². The maximum atomic E-state index is 8.82. The molecule has 1 N–H and O–H groups in total. The van der Waals surface area contributed by atoms with E-state index >= 15 is 0 Å². The molecule has 2 nitrogen and oxygen atoms in total. The molecule has 27 heavy (non-hydrogen) atoms. The predicted molar refractivity (Wildman–Crippen MR) is 113 cm³/mol. The van der Waals surface area contributed by atoms with E-state index in [0.717, 1.165) is 10.8 Å². The number of hydrogen-bond donors (Lipinski definition) is 1. The molecule has 127 valence electrons. The van der Waals surface area contributed by atoms with Crippen LogP contribution in [-0.4, -0.2) is 12.7 Å². The average molecular weight is 347 g/mol. The van der Waals surface area contributed by atoms with Crippen LogP contribution >= 0.6 is 0 Å². The third kappa shape index (κ3) is 2.73. The van der Waals surface area contributed by atoms with E-state index in [0.29, 0.717) is 13.4 Å². The summed E-state index contributed by atoms with van der Waals surface area (Å²) < 4.78 is 5.07. The van der Waals surface area contributed by atoms with Crippen molar-refractivity contribution in [2.45, 2.75) is 0 Å². The van der Waals surface area contributed by atoms with Crippen LogP contribution in [0.2, 0.25) is 0 Å². The zero-order valence-electron chi connectivity index (χ0n) is 14.6. The molecule has 5 rings (SSSR count). The fourth-order valence-corrected chi connectivity index (χ4v) is 3.82. The maximum absolute atomic E-state index is 8.82. The molecular formula is C24H16BO2. The van der Waals surface area contributed by atoms with Gasteiger partial charge in [-0.2, -0.15) is 0 Å². The van der Waals surface area contributed by atoms with E-state index in [-0.39, 0.29) is 0 Å². The Bertz CT molecular complexity index is 1290. The number of fused-ring (bicyclic) bond motifs is 4. The smallest absolute Gasteiger partial charge is 0.537 e. The number of rotatable bonds is 3. The molecule has 0 aliphatic heterocycles. The molecule has 5 aromatic carbocycles. The third-order valence-corrected chi connectivity index (χ3v) is 5.08. The average Bonchev–Trinajstić information content (AvgIpc) is 2.73. The lowest BCUT2D eigenvalue weighted by atomic mass is 9.92. The maximum Gasteiger partial charge on any atom is 0.569 e. The minimum atomic E-state index is 0.619. The van der Waals surface area contributed by atoms with Crippen LogP contribution in [0.4, 0.5) is 0 Å². The summed E-state index contributed by atoms with van der Waals surface area (Å²) in [6, 6.07) is 31.6. The van der Waals surface area contributed by atoms with E-state index in [9.17, 15) is 0 Å². The van der Waals surface area contributed by atoms with E-state index in [4.69, 9.17) is 9.68 Å². The van der Waals surface area contributed by atoms with E-state index in [2.05, 4.69) is 72.8 Å². The highest BCUT2D eigenvalue weighted by Crippen LogP contribution is 2.36. The number of hydrogen-bond acceptors (Lipinski definition) is 2. The summed E-state index contributed by atoms with van der Waals surface area (Å²) in [7, 11) is 0.705. The van der Waals surface area contributed by atoms with Gasteiger partial charge >= 0.3 is 7.69 Å². The Balaban J connectivity index is 1.75. The first-order chi connectivity index (χ1) is 13.3. The van der Waals surface area contributed by atoms with Gasteiger partial charge in [0.15, 0.2) is 0 Å². The lowest BCUT2D eigenvalue weighted by Crippen LogP contribution is -1.99. The van der Waals surface area contributed by atoms with Crippen LogP contribution in [0.15, 0.2) is 91.0 Å². The molecule has 0 aliphatic carbocycles. The number of benzene rings is 5. The molecule has 0 heterocycles. The van der Waals surface area contributed by atoms with Gasteiger partial charge in [0.25, 0.3) is 0 Å². The van der Waals surface area contributed by atoms with Gasteiger partial charge in [-0.25, -0.2) is 0 Å². The van der Waals surface area contributed by atoms with Gasteiger partial charge in [-0.3, -0.25) is 0 Å². The summed E-state index contributed by atoms with van der Waals surface area (Å²) in [5, 5.41) is 16.1. The van der Waals surface area contributed by atoms with Gasteiger partial charge in [-0.05, 0) is 67.7 Å². The normalized spacial score (nSPS) is 11.1. The molecule has 3 heteroatoms. The molecule has 0 amide bonds. The van der Waals surface area contributed by atoms with E-state index in [1.165, 1.54) is 32.7 Å². The zero-order valence-corrected chi connectivity index (χ0v) is 14.6. The Labute approximate surface area is 157 Å². The van der Waals surface area contributed by atoms with Crippen molar-refractivity contribution in [3.63, 3.8) is 0 Å². The van der Waals surface area contributed by atoms with Crippen molar-refractivity contribution in [3.05, 3.63) is 91.0 Å². The molecule has 0 unspecified atom stereocenters. The first-order valence-electron chi connectivity index (χ1n) is 8.91. The third-order valence-electron chi connectivity index (χ3n) is 5.08. The van der Waals surface area contributed by atoms with Gasteiger partial charge in [-0.15, -0.1) is 0 Å². The van der Waals surface area contributed by atoms with Crippen LogP contribution in [0.5, 0.6) is 5.75 Å². The van der Waals surface area contributed by atoms with Crippen molar-refractivity contribution in [2.75, 3.05) is 0 Å². The lowest BCUT2D eigenvalue weighted by molar-refractivity contribution is 0.454. The molecule has 0 aliphatic rings. The van der Waals surface area contributed by atoms with Gasteiger partial charge in [0.1, 0.15) is 5.75 Å². The SMILES string of the molecule is O[B]Oc1ccc2cc(-c3cc4ccccc4c4ccccc34)ccc2c1. The van der Waals surface area contributed by atoms with Crippen LogP contribution in [0.3, 0.4) is 0 Å².